The number of aromatic nitrogens is 1. The maximum atomic E-state index is 6.03. The van der Waals surface area contributed by atoms with Gasteiger partial charge in [-0.2, -0.15) is 0 Å². The predicted molar refractivity (Wildman–Crippen MR) is 157 cm³/mol. The van der Waals surface area contributed by atoms with E-state index in [0.29, 0.717) is 0 Å². The minimum atomic E-state index is 0.735. The summed E-state index contributed by atoms with van der Waals surface area (Å²) in [6.07, 6.45) is 0. The minimum absolute atomic E-state index is 0.735. The van der Waals surface area contributed by atoms with Gasteiger partial charge in [0.05, 0.1) is 42.1 Å². The Hall–Kier alpha value is -3.29. The number of quaternary nitrogens is 1. The Labute approximate surface area is 225 Å². The third kappa shape index (κ3) is 6.73. The van der Waals surface area contributed by atoms with Gasteiger partial charge < -0.3 is 18.7 Å². The first-order valence-corrected chi connectivity index (χ1v) is 14.1. The number of fused-ring (bicyclic) bond motifs is 1. The maximum Gasteiger partial charge on any atom is 0.208 e. The van der Waals surface area contributed by atoms with Gasteiger partial charge in [0.15, 0.2) is 0 Å². The molecule has 3 aromatic carbocycles. The van der Waals surface area contributed by atoms with E-state index in [-0.39, 0.29) is 0 Å². The first-order valence-electron chi connectivity index (χ1n) is 13.3. The molecule has 0 fully saturated rings. The molecule has 0 radical (unpaired) electrons. The second-order valence-corrected chi connectivity index (χ2v) is 10.4. The molecule has 0 bridgehead atoms. The topological polar surface area (TPSA) is 41.8 Å². The van der Waals surface area contributed by atoms with Gasteiger partial charge in [0.1, 0.15) is 18.9 Å². The minimum Gasteiger partial charge on any atom is -0.488 e. The molecular formula is C30H40N5OS+. The van der Waals surface area contributed by atoms with Gasteiger partial charge in [-0.25, -0.2) is 0 Å². The Morgan fingerprint density at radius 3 is 2.27 bits per heavy atom. The van der Waals surface area contributed by atoms with Crippen molar-refractivity contribution in [3.05, 3.63) is 83.7 Å². The van der Waals surface area contributed by atoms with Crippen LogP contribution in [0.3, 0.4) is 0 Å². The van der Waals surface area contributed by atoms with Crippen molar-refractivity contribution in [2.24, 2.45) is 12.1 Å². The number of nitrogens with one attached hydrogen (secondary N) is 1. The molecule has 0 amide bonds. The van der Waals surface area contributed by atoms with Gasteiger partial charge in [0.2, 0.25) is 4.80 Å². The zero-order valence-corrected chi connectivity index (χ0v) is 23.4. The van der Waals surface area contributed by atoms with E-state index in [4.69, 9.17) is 4.74 Å². The molecule has 37 heavy (non-hydrogen) atoms. The summed E-state index contributed by atoms with van der Waals surface area (Å²) in [5.41, 5.74) is 6.66. The van der Waals surface area contributed by atoms with Crippen LogP contribution in [0.25, 0.3) is 10.2 Å². The second-order valence-electron chi connectivity index (χ2n) is 9.34. The molecule has 4 aromatic rings. The highest BCUT2D eigenvalue weighted by Gasteiger charge is 2.24. The molecule has 0 spiro atoms. The lowest BCUT2D eigenvalue weighted by atomic mass is 10.2. The van der Waals surface area contributed by atoms with Gasteiger partial charge in [-0.3, -0.25) is 5.43 Å². The number of anilines is 2. The van der Waals surface area contributed by atoms with Gasteiger partial charge in [-0.15, -0.1) is 5.10 Å². The maximum absolute atomic E-state index is 6.03. The number of hydrogen-bond donors (Lipinski definition) is 1. The molecule has 1 aromatic heterocycles. The van der Waals surface area contributed by atoms with Crippen LogP contribution in [-0.4, -0.2) is 54.9 Å². The zero-order chi connectivity index (χ0) is 26.1. The first kappa shape index (κ1) is 26.8. The third-order valence-electron chi connectivity index (χ3n) is 7.37. The molecule has 0 saturated carbocycles. The van der Waals surface area contributed by atoms with Gasteiger partial charge in [0, 0.05) is 19.3 Å². The molecule has 0 saturated heterocycles. The number of thiazole rings is 1. The van der Waals surface area contributed by atoms with Crippen molar-refractivity contribution in [3.63, 3.8) is 0 Å². The summed E-state index contributed by atoms with van der Waals surface area (Å²) < 4.78 is 10.4. The molecule has 4 rings (SSSR count). The van der Waals surface area contributed by atoms with Crippen molar-refractivity contribution in [1.29, 1.82) is 0 Å². The molecule has 1 N–H and O–H groups in total. The van der Waals surface area contributed by atoms with Crippen LogP contribution in [-0.2, 0) is 7.05 Å². The number of nitrogens with zero attached hydrogens (tertiary/aromatic N) is 4. The van der Waals surface area contributed by atoms with E-state index in [9.17, 15) is 0 Å². The van der Waals surface area contributed by atoms with Crippen LogP contribution in [0.2, 0.25) is 0 Å². The summed E-state index contributed by atoms with van der Waals surface area (Å²) in [5.74, 6) is 0.949. The quantitative estimate of drug-likeness (QED) is 0.176. The van der Waals surface area contributed by atoms with Crippen molar-refractivity contribution in [2.45, 2.75) is 20.8 Å². The van der Waals surface area contributed by atoms with Gasteiger partial charge >= 0.3 is 0 Å². The lowest BCUT2D eigenvalue weighted by Crippen LogP contribution is -2.53. The second kappa shape index (κ2) is 12.8. The van der Waals surface area contributed by atoms with Crippen LogP contribution >= 0.6 is 11.3 Å². The first-order chi connectivity index (χ1) is 18.1. The molecule has 0 unspecified atom stereocenters. The normalized spacial score (nSPS) is 12.2. The highest BCUT2D eigenvalue weighted by Crippen LogP contribution is 2.20. The third-order valence-corrected chi connectivity index (χ3v) is 8.49. The lowest BCUT2D eigenvalue weighted by molar-refractivity contribution is -0.923. The van der Waals surface area contributed by atoms with Crippen molar-refractivity contribution in [2.75, 3.05) is 56.2 Å². The molecule has 7 heteroatoms. The summed E-state index contributed by atoms with van der Waals surface area (Å²) in [7, 11) is 2.06. The van der Waals surface area contributed by atoms with E-state index in [1.165, 1.54) is 15.9 Å². The lowest BCUT2D eigenvalue weighted by Gasteiger charge is -2.38. The summed E-state index contributed by atoms with van der Waals surface area (Å²) in [6, 6.07) is 27.1. The average molecular weight is 519 g/mol. The average Bonchev–Trinajstić information content (AvgIpc) is 3.27. The summed E-state index contributed by atoms with van der Waals surface area (Å²) in [5, 5.41) is 4.65. The molecule has 6 nitrogen and oxygen atoms in total. The Bertz CT molecular complexity index is 1310. The smallest absolute Gasteiger partial charge is 0.208 e. The van der Waals surface area contributed by atoms with E-state index in [1.807, 2.05) is 30.3 Å². The standard InChI is InChI=1S/C30H40N5OS/c1-5-34(21-22-35(6-2,7-3)23-24-36-27-13-9-8-10-14-27)26-19-17-25(18-20-26)31-32-30-33(4)28-15-11-12-16-29(28)37-30/h8-20,31H,5-7,21-24H2,1-4H3/q+1. The zero-order valence-electron chi connectivity index (χ0n) is 22.6. The SMILES string of the molecule is CCN(CC[N+](CC)(CC)CCOc1ccccc1)c1ccc(NN=c2sc3ccccc3n2C)cc1. The number of aryl methyl sites for hydroxylation is 1. The van der Waals surface area contributed by atoms with Crippen LogP contribution < -0.4 is 19.9 Å². The summed E-state index contributed by atoms with van der Waals surface area (Å²) in [6.45, 7) is 13.9. The fourth-order valence-corrected chi connectivity index (χ4v) is 5.67. The number of hydrogen-bond acceptors (Lipinski definition) is 5. The highest BCUT2D eigenvalue weighted by atomic mass is 32.1. The van der Waals surface area contributed by atoms with Crippen molar-refractivity contribution >= 4 is 32.9 Å². The van der Waals surface area contributed by atoms with Gasteiger partial charge in [0.25, 0.3) is 0 Å². The van der Waals surface area contributed by atoms with Crippen LogP contribution in [0.15, 0.2) is 84.0 Å². The Kier molecular flexibility index (Phi) is 9.25. The fraction of sp³-hybridized carbons (Fsp3) is 0.367. The van der Waals surface area contributed by atoms with Crippen molar-refractivity contribution in [1.82, 2.24) is 4.57 Å². The molecule has 196 valence electrons. The molecule has 0 atom stereocenters. The predicted octanol–water partition coefficient (Wildman–Crippen LogP) is 5.93. The van der Waals surface area contributed by atoms with Crippen LogP contribution in [0.1, 0.15) is 20.8 Å². The number of rotatable bonds is 13. The molecule has 0 aliphatic rings. The van der Waals surface area contributed by atoms with Gasteiger partial charge in [-0.05, 0) is 69.3 Å². The molecular weight excluding hydrogens is 478 g/mol. The van der Waals surface area contributed by atoms with E-state index in [1.54, 1.807) is 11.3 Å². The summed E-state index contributed by atoms with van der Waals surface area (Å²) in [4.78, 5) is 3.41. The van der Waals surface area contributed by atoms with Gasteiger partial charge in [-0.1, -0.05) is 41.7 Å². The summed E-state index contributed by atoms with van der Waals surface area (Å²) >= 11 is 1.69. The van der Waals surface area contributed by atoms with Crippen molar-refractivity contribution in [3.8, 4) is 5.75 Å². The Balaban J connectivity index is 1.36. The number of ether oxygens (including phenoxy) is 1. The molecule has 0 aliphatic heterocycles. The molecule has 0 aliphatic carbocycles. The highest BCUT2D eigenvalue weighted by molar-refractivity contribution is 7.16. The largest absolute Gasteiger partial charge is 0.488 e. The fourth-order valence-electron chi connectivity index (χ4n) is 4.69. The van der Waals surface area contributed by atoms with E-state index < -0.39 is 0 Å². The Morgan fingerprint density at radius 1 is 0.892 bits per heavy atom. The number of para-hydroxylation sites is 2. The van der Waals surface area contributed by atoms with Crippen LogP contribution in [0.5, 0.6) is 5.75 Å². The number of likely N-dealkylation sites (N-methyl/N-ethyl adjacent to an activating group) is 2. The van der Waals surface area contributed by atoms with Crippen LogP contribution in [0, 0.1) is 0 Å². The van der Waals surface area contributed by atoms with E-state index in [2.05, 4.69) is 96.3 Å². The molecule has 1 heterocycles. The van der Waals surface area contributed by atoms with Crippen LogP contribution in [0.4, 0.5) is 11.4 Å². The number of benzene rings is 3. The Morgan fingerprint density at radius 2 is 1.59 bits per heavy atom. The monoisotopic (exact) mass is 518 g/mol. The van der Waals surface area contributed by atoms with Crippen molar-refractivity contribution < 1.29 is 9.22 Å². The van der Waals surface area contributed by atoms with E-state index >= 15 is 0 Å². The van der Waals surface area contributed by atoms with E-state index in [0.717, 1.165) is 66.6 Å².